The average molecular weight is 400 g/mol. The Bertz CT molecular complexity index is 762. The maximum Gasteiger partial charge on any atom is 0.257 e. The van der Waals surface area contributed by atoms with Crippen molar-refractivity contribution in [2.45, 2.75) is 76.7 Å². The van der Waals surface area contributed by atoms with Crippen molar-refractivity contribution in [2.75, 3.05) is 5.32 Å². The second-order valence-electron chi connectivity index (χ2n) is 8.05. The van der Waals surface area contributed by atoms with Gasteiger partial charge in [0.2, 0.25) is 5.13 Å². The van der Waals surface area contributed by atoms with Crippen LogP contribution < -0.4 is 10.1 Å². The first-order chi connectivity index (χ1) is 13.8. The summed E-state index contributed by atoms with van der Waals surface area (Å²) < 4.78 is 6.03. The lowest BCUT2D eigenvalue weighted by Gasteiger charge is -2.23. The predicted molar refractivity (Wildman–Crippen MR) is 112 cm³/mol. The molecule has 6 heteroatoms. The van der Waals surface area contributed by atoms with Crippen molar-refractivity contribution in [1.82, 2.24) is 10.2 Å². The van der Waals surface area contributed by atoms with E-state index in [0.29, 0.717) is 16.8 Å². The van der Waals surface area contributed by atoms with Gasteiger partial charge in [-0.1, -0.05) is 43.4 Å². The predicted octanol–water partition coefficient (Wildman–Crippen LogP) is 5.62. The van der Waals surface area contributed by atoms with Crippen molar-refractivity contribution in [3.63, 3.8) is 0 Å². The molecule has 2 aliphatic rings. The number of aryl methyl sites for hydroxylation is 1. The van der Waals surface area contributed by atoms with Crippen molar-refractivity contribution in [3.8, 4) is 5.75 Å². The number of anilines is 1. The zero-order chi connectivity index (χ0) is 19.2. The van der Waals surface area contributed by atoms with Crippen LogP contribution in [0, 0.1) is 5.92 Å². The van der Waals surface area contributed by atoms with Gasteiger partial charge in [0.1, 0.15) is 10.8 Å². The normalized spacial score (nSPS) is 18.3. The van der Waals surface area contributed by atoms with Gasteiger partial charge in [-0.15, -0.1) is 10.2 Å². The molecule has 5 nitrogen and oxygen atoms in total. The Balaban J connectivity index is 1.27. The highest BCUT2D eigenvalue weighted by atomic mass is 32.1. The van der Waals surface area contributed by atoms with E-state index in [-0.39, 0.29) is 5.91 Å². The van der Waals surface area contributed by atoms with Crippen LogP contribution in [0.15, 0.2) is 24.3 Å². The van der Waals surface area contributed by atoms with Crippen LogP contribution in [-0.4, -0.2) is 22.2 Å². The van der Waals surface area contributed by atoms with E-state index in [9.17, 15) is 4.79 Å². The van der Waals surface area contributed by atoms with Crippen LogP contribution in [0.25, 0.3) is 0 Å². The lowest BCUT2D eigenvalue weighted by molar-refractivity contribution is 0.102. The third kappa shape index (κ3) is 5.31. The standard InChI is InChI=1S/C22H29N3O2S/c26-21(17-11-13-19(14-12-17)27-18-8-2-1-3-9-18)23-22-25-24-20(28-22)15-10-16-6-4-5-7-16/h11-14,16,18H,1-10,15H2,(H,23,25,26). The number of hydrogen-bond acceptors (Lipinski definition) is 5. The summed E-state index contributed by atoms with van der Waals surface area (Å²) in [7, 11) is 0. The van der Waals surface area contributed by atoms with Gasteiger partial charge in [-0.2, -0.15) is 0 Å². The van der Waals surface area contributed by atoms with E-state index in [1.165, 1.54) is 62.7 Å². The van der Waals surface area contributed by atoms with Crippen LogP contribution in [0.1, 0.15) is 79.6 Å². The summed E-state index contributed by atoms with van der Waals surface area (Å²) >= 11 is 1.49. The summed E-state index contributed by atoms with van der Waals surface area (Å²) in [6.45, 7) is 0. The van der Waals surface area contributed by atoms with E-state index in [1.807, 2.05) is 24.3 Å². The third-order valence-corrected chi connectivity index (χ3v) is 6.80. The first kappa shape index (κ1) is 19.4. The average Bonchev–Trinajstić information content (AvgIpc) is 3.40. The largest absolute Gasteiger partial charge is 0.490 e. The molecule has 1 aromatic heterocycles. The van der Waals surface area contributed by atoms with E-state index in [0.717, 1.165) is 35.9 Å². The van der Waals surface area contributed by atoms with Gasteiger partial charge < -0.3 is 4.74 Å². The molecule has 28 heavy (non-hydrogen) atoms. The van der Waals surface area contributed by atoms with E-state index in [4.69, 9.17) is 4.74 Å². The van der Waals surface area contributed by atoms with E-state index < -0.39 is 0 Å². The molecule has 1 N–H and O–H groups in total. The molecule has 1 aromatic carbocycles. The Morgan fingerprint density at radius 3 is 2.46 bits per heavy atom. The van der Waals surface area contributed by atoms with Gasteiger partial charge in [-0.25, -0.2) is 0 Å². The fraction of sp³-hybridized carbons (Fsp3) is 0.591. The molecule has 1 heterocycles. The van der Waals surface area contributed by atoms with Crippen molar-refractivity contribution in [2.24, 2.45) is 5.92 Å². The molecule has 2 fully saturated rings. The smallest absolute Gasteiger partial charge is 0.257 e. The second kappa shape index (κ2) is 9.50. The Kier molecular flexibility index (Phi) is 6.57. The van der Waals surface area contributed by atoms with Crippen molar-refractivity contribution in [3.05, 3.63) is 34.8 Å². The zero-order valence-electron chi connectivity index (χ0n) is 16.4. The Morgan fingerprint density at radius 1 is 1.00 bits per heavy atom. The minimum atomic E-state index is -0.150. The van der Waals surface area contributed by atoms with E-state index in [1.54, 1.807) is 0 Å². The molecule has 4 rings (SSSR count). The molecule has 150 valence electrons. The summed E-state index contributed by atoms with van der Waals surface area (Å²) in [6, 6.07) is 7.40. The lowest BCUT2D eigenvalue weighted by Crippen LogP contribution is -2.19. The molecule has 0 spiro atoms. The lowest BCUT2D eigenvalue weighted by atomic mass is 9.98. The van der Waals surface area contributed by atoms with Gasteiger partial charge in [0.05, 0.1) is 6.10 Å². The Labute approximate surface area is 170 Å². The van der Waals surface area contributed by atoms with Crippen LogP contribution in [0.2, 0.25) is 0 Å². The number of aromatic nitrogens is 2. The summed E-state index contributed by atoms with van der Waals surface area (Å²) in [5, 5.41) is 12.8. The minimum Gasteiger partial charge on any atom is -0.490 e. The second-order valence-corrected chi connectivity index (χ2v) is 9.11. The number of nitrogens with zero attached hydrogens (tertiary/aromatic N) is 2. The molecule has 0 radical (unpaired) electrons. The minimum absolute atomic E-state index is 0.150. The Morgan fingerprint density at radius 2 is 1.71 bits per heavy atom. The Hall–Kier alpha value is -1.95. The number of carbonyl (C=O) groups excluding carboxylic acids is 1. The molecule has 2 saturated carbocycles. The molecule has 0 atom stereocenters. The fourth-order valence-corrected chi connectivity index (χ4v) is 5.01. The SMILES string of the molecule is O=C(Nc1nnc(CCC2CCCC2)s1)c1ccc(OC2CCCCC2)cc1. The number of hydrogen-bond donors (Lipinski definition) is 1. The number of amides is 1. The maximum absolute atomic E-state index is 12.5. The molecule has 0 aliphatic heterocycles. The topological polar surface area (TPSA) is 64.1 Å². The molecule has 0 saturated heterocycles. The molecule has 0 bridgehead atoms. The highest BCUT2D eigenvalue weighted by Gasteiger charge is 2.17. The van der Waals surface area contributed by atoms with Crippen molar-refractivity contribution < 1.29 is 9.53 Å². The molecular weight excluding hydrogens is 370 g/mol. The number of carbonyl (C=O) groups is 1. The summed E-state index contributed by atoms with van der Waals surface area (Å²) in [4.78, 5) is 12.5. The van der Waals surface area contributed by atoms with Crippen molar-refractivity contribution in [1.29, 1.82) is 0 Å². The first-order valence-corrected chi connectivity index (χ1v) is 11.5. The number of nitrogens with one attached hydrogen (secondary N) is 1. The highest BCUT2D eigenvalue weighted by Crippen LogP contribution is 2.29. The first-order valence-electron chi connectivity index (χ1n) is 10.7. The highest BCUT2D eigenvalue weighted by molar-refractivity contribution is 7.15. The maximum atomic E-state index is 12.5. The van der Waals surface area contributed by atoms with Crippen LogP contribution in [0.5, 0.6) is 5.75 Å². The van der Waals surface area contributed by atoms with Gasteiger partial charge in [0.15, 0.2) is 0 Å². The van der Waals surface area contributed by atoms with E-state index >= 15 is 0 Å². The van der Waals surface area contributed by atoms with Crippen LogP contribution in [-0.2, 0) is 6.42 Å². The summed E-state index contributed by atoms with van der Waals surface area (Å²) in [5.74, 6) is 1.53. The van der Waals surface area contributed by atoms with Gasteiger partial charge in [0.25, 0.3) is 5.91 Å². The van der Waals surface area contributed by atoms with E-state index in [2.05, 4.69) is 15.5 Å². The van der Waals surface area contributed by atoms with Gasteiger partial charge in [-0.3, -0.25) is 10.1 Å². The molecule has 1 amide bonds. The number of rotatable bonds is 7. The van der Waals surface area contributed by atoms with Gasteiger partial charge in [0, 0.05) is 12.0 Å². The number of benzene rings is 1. The molecular formula is C22H29N3O2S. The third-order valence-electron chi connectivity index (χ3n) is 5.90. The van der Waals surface area contributed by atoms with Crippen LogP contribution >= 0.6 is 11.3 Å². The monoisotopic (exact) mass is 399 g/mol. The number of ether oxygens (including phenoxy) is 1. The summed E-state index contributed by atoms with van der Waals surface area (Å²) in [5.41, 5.74) is 0.610. The fourth-order valence-electron chi connectivity index (χ4n) is 4.26. The van der Waals surface area contributed by atoms with Crippen LogP contribution in [0.4, 0.5) is 5.13 Å². The summed E-state index contributed by atoms with van der Waals surface area (Å²) in [6.07, 6.45) is 14.0. The molecule has 2 aromatic rings. The van der Waals surface area contributed by atoms with Crippen LogP contribution in [0.3, 0.4) is 0 Å². The molecule has 0 unspecified atom stereocenters. The molecule has 2 aliphatic carbocycles. The zero-order valence-corrected chi connectivity index (χ0v) is 17.2. The van der Waals surface area contributed by atoms with Crippen molar-refractivity contribution >= 4 is 22.4 Å². The van der Waals surface area contributed by atoms with Gasteiger partial charge >= 0.3 is 0 Å². The van der Waals surface area contributed by atoms with Gasteiger partial charge in [-0.05, 0) is 62.3 Å². The quantitative estimate of drug-likeness (QED) is 0.656.